The zero-order valence-electron chi connectivity index (χ0n) is 10.9. The van der Waals surface area contributed by atoms with E-state index in [1.165, 1.54) is 4.31 Å². The summed E-state index contributed by atoms with van der Waals surface area (Å²) in [6, 6.07) is 7.21. The fourth-order valence-corrected chi connectivity index (χ4v) is 4.28. The molecule has 1 aromatic rings. The largest absolute Gasteiger partial charge is 0.409 e. The minimum Gasteiger partial charge on any atom is -0.409 e. The molecule has 0 radical (unpaired) electrons. The number of nitrogens with two attached hydrogens (primary N) is 1. The lowest BCUT2D eigenvalue weighted by molar-refractivity contribution is 0.316. The van der Waals surface area contributed by atoms with Gasteiger partial charge in [-0.3, -0.25) is 4.31 Å². The Labute approximate surface area is 112 Å². The summed E-state index contributed by atoms with van der Waals surface area (Å²) in [7, 11) is -1.94. The van der Waals surface area contributed by atoms with Crippen molar-refractivity contribution in [3.05, 3.63) is 29.8 Å². The summed E-state index contributed by atoms with van der Waals surface area (Å²) in [5, 5.41) is 11.5. The van der Waals surface area contributed by atoms with E-state index in [4.69, 9.17) is 10.9 Å². The number of anilines is 1. The Morgan fingerprint density at radius 3 is 2.74 bits per heavy atom. The van der Waals surface area contributed by atoms with Gasteiger partial charge in [-0.1, -0.05) is 23.4 Å². The number of amidine groups is 1. The van der Waals surface area contributed by atoms with Crippen LogP contribution in [0.5, 0.6) is 0 Å². The van der Waals surface area contributed by atoms with Crippen LogP contribution in [0.4, 0.5) is 5.69 Å². The van der Waals surface area contributed by atoms with Crippen molar-refractivity contribution in [1.82, 2.24) is 0 Å². The summed E-state index contributed by atoms with van der Waals surface area (Å²) in [5.41, 5.74) is 6.88. The van der Waals surface area contributed by atoms with Crippen LogP contribution in [0.3, 0.4) is 0 Å². The minimum atomic E-state index is -3.49. The molecule has 0 saturated heterocycles. The SMILES string of the molecule is CN1c2ccccc2C(C)(CC/C(N)=N\O)S1(=O)=O. The van der Waals surface area contributed by atoms with Gasteiger partial charge in [0.25, 0.3) is 0 Å². The number of nitrogens with zero attached hydrogens (tertiary/aromatic N) is 2. The van der Waals surface area contributed by atoms with E-state index in [0.717, 1.165) is 5.56 Å². The van der Waals surface area contributed by atoms with Gasteiger partial charge < -0.3 is 10.9 Å². The van der Waals surface area contributed by atoms with Crippen molar-refractivity contribution in [1.29, 1.82) is 0 Å². The fourth-order valence-electron chi connectivity index (χ4n) is 2.45. The van der Waals surface area contributed by atoms with E-state index >= 15 is 0 Å². The predicted octanol–water partition coefficient (Wildman–Crippen LogP) is 1.21. The van der Waals surface area contributed by atoms with E-state index in [0.29, 0.717) is 5.69 Å². The van der Waals surface area contributed by atoms with Crippen molar-refractivity contribution in [2.45, 2.75) is 24.5 Å². The normalized spacial score (nSPS) is 25.4. The van der Waals surface area contributed by atoms with E-state index in [1.807, 2.05) is 12.1 Å². The van der Waals surface area contributed by atoms with Crippen molar-refractivity contribution >= 4 is 21.5 Å². The van der Waals surface area contributed by atoms with Gasteiger partial charge in [-0.2, -0.15) is 0 Å². The predicted molar refractivity (Wildman–Crippen MR) is 73.8 cm³/mol. The average molecular weight is 283 g/mol. The summed E-state index contributed by atoms with van der Waals surface area (Å²) in [6.45, 7) is 1.68. The maximum atomic E-state index is 12.6. The molecule has 0 aliphatic carbocycles. The van der Waals surface area contributed by atoms with Crippen LogP contribution >= 0.6 is 0 Å². The first-order valence-corrected chi connectivity index (χ1v) is 7.33. The first-order chi connectivity index (χ1) is 8.84. The summed E-state index contributed by atoms with van der Waals surface area (Å²) in [6.07, 6.45) is 0.487. The van der Waals surface area contributed by atoms with Crippen molar-refractivity contribution in [2.75, 3.05) is 11.4 Å². The molecule has 19 heavy (non-hydrogen) atoms. The van der Waals surface area contributed by atoms with Crippen LogP contribution in [0, 0.1) is 0 Å². The molecular weight excluding hydrogens is 266 g/mol. The molecule has 3 N–H and O–H groups in total. The van der Waals surface area contributed by atoms with E-state index < -0.39 is 14.8 Å². The highest BCUT2D eigenvalue weighted by atomic mass is 32.2. The standard InChI is InChI=1S/C12H17N3O3S/c1-12(8-7-11(13)14-16)9-5-3-4-6-10(9)15(2)19(12,17)18/h3-6,16H,7-8H2,1-2H3,(H2,13,14). The van der Waals surface area contributed by atoms with Gasteiger partial charge in [0.05, 0.1) is 5.69 Å². The zero-order chi connectivity index (χ0) is 14.3. The lowest BCUT2D eigenvalue weighted by atomic mass is 9.93. The highest BCUT2D eigenvalue weighted by Gasteiger charge is 2.50. The molecule has 1 aliphatic heterocycles. The van der Waals surface area contributed by atoms with Gasteiger partial charge in [-0.15, -0.1) is 0 Å². The van der Waals surface area contributed by atoms with Crippen molar-refractivity contribution in [3.63, 3.8) is 0 Å². The molecule has 0 amide bonds. The van der Waals surface area contributed by atoms with Gasteiger partial charge in [0.1, 0.15) is 10.6 Å². The van der Waals surface area contributed by atoms with Crippen molar-refractivity contribution < 1.29 is 13.6 Å². The maximum absolute atomic E-state index is 12.6. The molecule has 0 bridgehead atoms. The maximum Gasteiger partial charge on any atom is 0.244 e. The Bertz CT molecular complexity index is 627. The molecule has 0 fully saturated rings. The molecule has 1 unspecified atom stereocenters. The molecule has 1 heterocycles. The fraction of sp³-hybridized carbons (Fsp3) is 0.417. The molecule has 1 aliphatic rings. The zero-order valence-corrected chi connectivity index (χ0v) is 11.7. The first kappa shape index (κ1) is 13.7. The van der Waals surface area contributed by atoms with E-state index in [9.17, 15) is 8.42 Å². The van der Waals surface area contributed by atoms with Gasteiger partial charge in [-0.05, 0) is 25.0 Å². The van der Waals surface area contributed by atoms with E-state index in [-0.39, 0.29) is 18.7 Å². The van der Waals surface area contributed by atoms with Crippen molar-refractivity contribution in [2.24, 2.45) is 10.9 Å². The van der Waals surface area contributed by atoms with Crippen LogP contribution in [0.1, 0.15) is 25.3 Å². The van der Waals surface area contributed by atoms with Gasteiger partial charge in [0.2, 0.25) is 10.0 Å². The summed E-state index contributed by atoms with van der Waals surface area (Å²) >= 11 is 0. The molecule has 0 aromatic heterocycles. The van der Waals surface area contributed by atoms with Gasteiger partial charge in [-0.25, -0.2) is 8.42 Å². The highest BCUT2D eigenvalue weighted by Crippen LogP contribution is 2.48. The topological polar surface area (TPSA) is 96.0 Å². The van der Waals surface area contributed by atoms with Crippen LogP contribution in [0.15, 0.2) is 29.4 Å². The average Bonchev–Trinajstić information content (AvgIpc) is 2.56. The second-order valence-corrected chi connectivity index (χ2v) is 7.21. The summed E-state index contributed by atoms with van der Waals surface area (Å²) < 4.78 is 25.4. The number of benzene rings is 1. The number of oxime groups is 1. The number of hydrogen-bond donors (Lipinski definition) is 2. The van der Waals surface area contributed by atoms with Crippen molar-refractivity contribution in [3.8, 4) is 0 Å². The third-order valence-electron chi connectivity index (χ3n) is 3.73. The van der Waals surface area contributed by atoms with Crippen LogP contribution in [0.25, 0.3) is 0 Å². The third kappa shape index (κ3) is 1.85. The minimum absolute atomic E-state index is 0.0310. The molecule has 7 heteroatoms. The third-order valence-corrected chi connectivity index (χ3v) is 6.21. The quantitative estimate of drug-likeness (QED) is 0.377. The van der Waals surface area contributed by atoms with Crippen LogP contribution in [-0.4, -0.2) is 26.5 Å². The first-order valence-electron chi connectivity index (χ1n) is 5.89. The lowest BCUT2D eigenvalue weighted by Crippen LogP contribution is -2.36. The Hall–Kier alpha value is -1.76. The Morgan fingerprint density at radius 2 is 2.11 bits per heavy atom. The smallest absolute Gasteiger partial charge is 0.244 e. The van der Waals surface area contributed by atoms with Crippen LogP contribution in [0.2, 0.25) is 0 Å². The summed E-state index contributed by atoms with van der Waals surface area (Å²) in [5.74, 6) is 0.0310. The van der Waals surface area contributed by atoms with E-state index in [1.54, 1.807) is 26.1 Å². The molecule has 1 aromatic carbocycles. The highest BCUT2D eigenvalue weighted by molar-refractivity contribution is 7.94. The number of rotatable bonds is 3. The number of para-hydroxylation sites is 1. The molecule has 104 valence electrons. The Kier molecular flexibility index (Phi) is 3.17. The number of fused-ring (bicyclic) bond motifs is 1. The lowest BCUT2D eigenvalue weighted by Gasteiger charge is -2.24. The Balaban J connectivity index is 2.49. The van der Waals surface area contributed by atoms with Gasteiger partial charge in [0.15, 0.2) is 0 Å². The molecule has 0 saturated carbocycles. The van der Waals surface area contributed by atoms with Crippen LogP contribution in [-0.2, 0) is 14.8 Å². The molecule has 0 spiro atoms. The van der Waals surface area contributed by atoms with Gasteiger partial charge >= 0.3 is 0 Å². The number of hydrogen-bond acceptors (Lipinski definition) is 4. The molecule has 1 atom stereocenters. The Morgan fingerprint density at radius 1 is 1.47 bits per heavy atom. The second kappa shape index (κ2) is 4.41. The monoisotopic (exact) mass is 283 g/mol. The molecular formula is C12H17N3O3S. The second-order valence-electron chi connectivity index (χ2n) is 4.81. The molecule has 2 rings (SSSR count). The van der Waals surface area contributed by atoms with Crippen LogP contribution < -0.4 is 10.0 Å². The van der Waals surface area contributed by atoms with E-state index in [2.05, 4.69) is 5.16 Å². The van der Waals surface area contributed by atoms with Gasteiger partial charge in [0, 0.05) is 13.5 Å². The molecule has 6 nitrogen and oxygen atoms in total. The number of sulfonamides is 1. The summed E-state index contributed by atoms with van der Waals surface area (Å²) in [4.78, 5) is 0.